The summed E-state index contributed by atoms with van der Waals surface area (Å²) in [4.78, 5) is 14.3. The van der Waals surface area contributed by atoms with E-state index in [1.165, 1.54) is 22.3 Å². The number of aromatic nitrogens is 3. The minimum atomic E-state index is -2.38. The monoisotopic (exact) mass is 632 g/mol. The molecule has 0 aliphatic rings. The van der Waals surface area contributed by atoms with E-state index in [0.717, 1.165) is 22.3 Å². The summed E-state index contributed by atoms with van der Waals surface area (Å²) in [6.45, 7) is 23.7. The summed E-state index contributed by atoms with van der Waals surface area (Å²) in [7, 11) is 0. The third-order valence-electron chi connectivity index (χ3n) is 9.32. The molecule has 0 saturated carbocycles. The van der Waals surface area contributed by atoms with Crippen molar-refractivity contribution in [3.05, 3.63) is 87.7 Å². The fourth-order valence-corrected chi connectivity index (χ4v) is 6.56. The SMILES string of the molecule is [2H]C([2H])([2H])c1ccc(-c2cc(C(C)(C)C)ncn2)c2oc3c(Cc4c(C(C)C)cc(C(C)C)cc4C(C)C)c4nc(C(C)(C)C)oc4cc3c12. The molecule has 0 bridgehead atoms. The van der Waals surface area contributed by atoms with Gasteiger partial charge >= 0.3 is 0 Å². The van der Waals surface area contributed by atoms with Crippen molar-refractivity contribution < 1.29 is 12.9 Å². The van der Waals surface area contributed by atoms with Crippen LogP contribution >= 0.6 is 0 Å². The molecule has 0 N–H and O–H groups in total. The maximum Gasteiger partial charge on any atom is 0.200 e. The van der Waals surface area contributed by atoms with Crippen LogP contribution in [0.2, 0.25) is 0 Å². The first-order chi connectivity index (χ1) is 23.2. The van der Waals surface area contributed by atoms with E-state index >= 15 is 0 Å². The van der Waals surface area contributed by atoms with Crippen LogP contribution in [0.1, 0.15) is 150 Å². The van der Waals surface area contributed by atoms with E-state index in [2.05, 4.69) is 105 Å². The van der Waals surface area contributed by atoms with Crippen molar-refractivity contribution >= 4 is 33.0 Å². The minimum absolute atomic E-state index is 0.204. The normalized spacial score (nSPS) is 14.2. The number of oxazole rings is 1. The van der Waals surface area contributed by atoms with Gasteiger partial charge in [-0.25, -0.2) is 15.0 Å². The summed E-state index contributed by atoms with van der Waals surface area (Å²) in [5.74, 6) is 1.60. The molecule has 3 aromatic heterocycles. The predicted octanol–water partition coefficient (Wildman–Crippen LogP) is 12.0. The zero-order valence-electron chi connectivity index (χ0n) is 33.1. The smallest absolute Gasteiger partial charge is 0.200 e. The van der Waals surface area contributed by atoms with Gasteiger partial charge in [-0.2, -0.15) is 0 Å². The van der Waals surface area contributed by atoms with Gasteiger partial charge in [0.05, 0.1) is 5.69 Å². The molecule has 0 saturated heterocycles. The van der Waals surface area contributed by atoms with E-state index < -0.39 is 6.85 Å². The molecule has 0 atom stereocenters. The first-order valence-electron chi connectivity index (χ1n) is 18.5. The van der Waals surface area contributed by atoms with Gasteiger partial charge in [-0.05, 0) is 70.6 Å². The largest absolute Gasteiger partial charge is 0.455 e. The molecule has 0 unspecified atom stereocenters. The quantitative estimate of drug-likeness (QED) is 0.183. The second kappa shape index (κ2) is 11.6. The van der Waals surface area contributed by atoms with E-state index in [1.807, 2.05) is 18.2 Å². The molecule has 0 aliphatic heterocycles. The Morgan fingerprint density at radius 3 is 2.00 bits per heavy atom. The van der Waals surface area contributed by atoms with Gasteiger partial charge in [0, 0.05) is 49.0 Å². The fourth-order valence-electron chi connectivity index (χ4n) is 6.56. The van der Waals surface area contributed by atoms with Gasteiger partial charge in [-0.1, -0.05) is 101 Å². The topological polar surface area (TPSA) is 65.0 Å². The second-order valence-corrected chi connectivity index (χ2v) is 16.2. The van der Waals surface area contributed by atoms with Gasteiger partial charge in [0.25, 0.3) is 0 Å². The van der Waals surface area contributed by atoms with Crippen LogP contribution in [0.3, 0.4) is 0 Å². The van der Waals surface area contributed by atoms with Gasteiger partial charge < -0.3 is 8.83 Å². The predicted molar refractivity (Wildman–Crippen MR) is 196 cm³/mol. The Bertz CT molecular complexity index is 2210. The van der Waals surface area contributed by atoms with E-state index in [-0.39, 0.29) is 28.2 Å². The number of nitrogens with zero attached hydrogens (tertiary/aromatic N) is 3. The molecular weight excluding hydrogens is 578 g/mol. The van der Waals surface area contributed by atoms with E-state index in [4.69, 9.17) is 17.9 Å². The van der Waals surface area contributed by atoms with Crippen molar-refractivity contribution in [1.29, 1.82) is 0 Å². The molecule has 5 nitrogen and oxygen atoms in total. The molecule has 5 heteroatoms. The first kappa shape index (κ1) is 29.2. The van der Waals surface area contributed by atoms with Gasteiger partial charge in [0.1, 0.15) is 23.0 Å². The molecular formula is C42H51N3O2. The summed E-state index contributed by atoms with van der Waals surface area (Å²) >= 11 is 0. The Hall–Kier alpha value is -3.99. The van der Waals surface area contributed by atoms with Crippen LogP contribution in [-0.2, 0) is 17.3 Å². The van der Waals surface area contributed by atoms with Crippen LogP contribution in [0.5, 0.6) is 0 Å². The minimum Gasteiger partial charge on any atom is -0.455 e. The highest BCUT2D eigenvalue weighted by Gasteiger charge is 2.28. The van der Waals surface area contributed by atoms with E-state index in [0.29, 0.717) is 51.4 Å². The van der Waals surface area contributed by atoms with Crippen LogP contribution in [0.15, 0.2) is 51.6 Å². The van der Waals surface area contributed by atoms with Crippen molar-refractivity contribution in [2.45, 2.75) is 125 Å². The fraction of sp³-hybridized carbons (Fsp3) is 0.452. The van der Waals surface area contributed by atoms with Gasteiger partial charge in [-0.15, -0.1) is 0 Å². The van der Waals surface area contributed by atoms with E-state index in [9.17, 15) is 0 Å². The highest BCUT2D eigenvalue weighted by molar-refractivity contribution is 6.15. The number of benzene rings is 3. The molecule has 3 aromatic carbocycles. The Balaban J connectivity index is 1.76. The molecule has 47 heavy (non-hydrogen) atoms. The standard InChI is InChI=1S/C42H51N3O2/c1-22(2)26-16-28(23(3)4)30(29(17-26)24(5)6)18-32-37-34(46-40(45-37)42(11,12)13)19-31-36-25(7)14-15-27(39(36)47-38(31)32)33-20-35(41(8,9)10)44-21-43-33/h14-17,19-24H,18H2,1-13H3/i7D3. The third kappa shape index (κ3) is 5.87. The highest BCUT2D eigenvalue weighted by atomic mass is 16.4. The van der Waals surface area contributed by atoms with Gasteiger partial charge in [-0.3, -0.25) is 0 Å². The molecule has 3 heterocycles. The van der Waals surface area contributed by atoms with Crippen LogP contribution in [0, 0.1) is 6.85 Å². The zero-order chi connectivity index (χ0) is 36.7. The molecule has 6 aromatic rings. The highest BCUT2D eigenvalue weighted by Crippen LogP contribution is 2.44. The Morgan fingerprint density at radius 2 is 1.43 bits per heavy atom. The van der Waals surface area contributed by atoms with Crippen molar-refractivity contribution in [2.75, 3.05) is 0 Å². The third-order valence-corrected chi connectivity index (χ3v) is 9.32. The summed E-state index contributed by atoms with van der Waals surface area (Å²) < 4.78 is 39.2. The summed E-state index contributed by atoms with van der Waals surface area (Å²) in [5.41, 5.74) is 10.5. The molecule has 0 aliphatic carbocycles. The average Bonchev–Trinajstić information content (AvgIpc) is 3.62. The number of hydrogen-bond acceptors (Lipinski definition) is 5. The van der Waals surface area contributed by atoms with Gasteiger partial charge in [0.2, 0.25) is 5.89 Å². The maximum absolute atomic E-state index is 8.58. The van der Waals surface area contributed by atoms with Crippen LogP contribution in [0.25, 0.3) is 44.3 Å². The van der Waals surface area contributed by atoms with Crippen molar-refractivity contribution in [2.24, 2.45) is 0 Å². The molecule has 246 valence electrons. The summed E-state index contributed by atoms with van der Waals surface area (Å²) in [6, 6.07) is 12.1. The van der Waals surface area contributed by atoms with Gasteiger partial charge in [0.15, 0.2) is 5.58 Å². The number of furan rings is 1. The summed E-state index contributed by atoms with van der Waals surface area (Å²) in [5, 5.41) is 1.25. The summed E-state index contributed by atoms with van der Waals surface area (Å²) in [6.07, 6.45) is 2.13. The molecule has 6 rings (SSSR count). The second-order valence-electron chi connectivity index (χ2n) is 16.2. The van der Waals surface area contributed by atoms with Crippen LogP contribution in [-0.4, -0.2) is 15.0 Å². The van der Waals surface area contributed by atoms with Crippen LogP contribution in [0.4, 0.5) is 0 Å². The lowest BCUT2D eigenvalue weighted by Gasteiger charge is -2.23. The lowest BCUT2D eigenvalue weighted by molar-refractivity contribution is 0.411. The van der Waals surface area contributed by atoms with Crippen molar-refractivity contribution in [3.8, 4) is 11.3 Å². The zero-order valence-corrected chi connectivity index (χ0v) is 30.1. The Morgan fingerprint density at radius 1 is 0.745 bits per heavy atom. The number of hydrogen-bond donors (Lipinski definition) is 0. The van der Waals surface area contributed by atoms with E-state index in [1.54, 1.807) is 12.4 Å². The number of fused-ring (bicyclic) bond motifs is 4. The number of rotatable bonds is 6. The lowest BCUT2D eigenvalue weighted by atomic mass is 9.82. The van der Waals surface area contributed by atoms with Crippen molar-refractivity contribution in [3.63, 3.8) is 0 Å². The first-order valence-corrected chi connectivity index (χ1v) is 17.0. The molecule has 0 radical (unpaired) electrons. The number of aryl methyl sites for hydroxylation is 1. The average molecular weight is 633 g/mol. The van der Waals surface area contributed by atoms with Crippen LogP contribution < -0.4 is 0 Å². The lowest BCUT2D eigenvalue weighted by Crippen LogP contribution is -2.13. The Labute approximate surface area is 284 Å². The van der Waals surface area contributed by atoms with Crippen molar-refractivity contribution in [1.82, 2.24) is 15.0 Å². The Kier molecular flexibility index (Phi) is 7.21. The molecule has 0 spiro atoms. The molecule has 0 fully saturated rings. The molecule has 0 amide bonds. The maximum atomic E-state index is 8.58.